The van der Waals surface area contributed by atoms with E-state index in [2.05, 4.69) is 345 Å². The third kappa shape index (κ3) is 14.9. The van der Waals surface area contributed by atoms with E-state index < -0.39 is 0 Å². The molecule has 0 spiro atoms. The number of hydrogen-bond donors (Lipinski definition) is 0. The van der Waals surface area contributed by atoms with Crippen molar-refractivity contribution in [3.8, 4) is 33.4 Å². The Morgan fingerprint density at radius 2 is 0.550 bits per heavy atom. The third-order valence-corrected chi connectivity index (χ3v) is 14.4. The van der Waals surface area contributed by atoms with Gasteiger partial charge >= 0.3 is 0 Å². The van der Waals surface area contributed by atoms with Gasteiger partial charge in [0.15, 0.2) is 0 Å². The maximum Gasteiger partial charge on any atom is -0.0105 e. The van der Waals surface area contributed by atoms with Crippen LogP contribution in [0.4, 0.5) is 0 Å². The normalized spacial score (nSPS) is 10.4. The van der Waals surface area contributed by atoms with Crippen molar-refractivity contribution in [3.05, 3.63) is 349 Å². The molecule has 0 radical (unpaired) electrons. The molecule has 0 fully saturated rings. The second-order valence-corrected chi connectivity index (χ2v) is 20.5. The highest BCUT2D eigenvalue weighted by atomic mass is 14.1. The molecule has 0 aliphatic carbocycles. The first kappa shape index (κ1) is 55.1. The Bertz CT molecular complexity index is 4140. The van der Waals surface area contributed by atoms with Gasteiger partial charge < -0.3 is 0 Å². The van der Waals surface area contributed by atoms with Crippen LogP contribution in [0.15, 0.2) is 315 Å². The van der Waals surface area contributed by atoms with Crippen LogP contribution in [-0.2, 0) is 0 Å². The van der Waals surface area contributed by atoms with Gasteiger partial charge in [-0.15, -0.1) is 0 Å². The Hall–Kier alpha value is -9.62. The summed E-state index contributed by atoms with van der Waals surface area (Å²) in [5.74, 6) is 0. The standard InChI is InChI=1S/C17H14.C15H12.2C13H12.2C11H10/c1-13-9-11-15(12-10-13)17-8-4-6-14-5-2-3-7-16(14)17;1-11-14-8-4-2-6-12(14)10-13-7-3-5-9-15(11)13;1-11-6-5-9-13(10-11)12-7-3-2-4-8-12;1-11-7-9-13(10-8-11)12-5-3-2-4-6-12;1-9-5-4-7-10-6-2-3-8-11(9)10;1-9-6-7-10-4-2-3-5-11(10)8-9/h2-12H,1H3;2-10H,1H3;2*2-10H,1H3;2*2-8H,1H3. The van der Waals surface area contributed by atoms with Gasteiger partial charge in [0.2, 0.25) is 0 Å². The summed E-state index contributed by atoms with van der Waals surface area (Å²) in [6.07, 6.45) is 0. The molecule has 0 N–H and O–H groups in total. The molecule has 0 aliphatic rings. The van der Waals surface area contributed by atoms with Crippen LogP contribution in [0.2, 0.25) is 0 Å². The molecule has 14 aromatic rings. The summed E-state index contributed by atoms with van der Waals surface area (Å²) in [7, 11) is 0. The Balaban J connectivity index is 0.000000117. The maximum absolute atomic E-state index is 2.26. The zero-order valence-corrected chi connectivity index (χ0v) is 47.0. The van der Waals surface area contributed by atoms with Crippen molar-refractivity contribution in [2.24, 2.45) is 0 Å². The monoisotopic (exact) mass is 1030 g/mol. The topological polar surface area (TPSA) is 0 Å². The van der Waals surface area contributed by atoms with Crippen LogP contribution in [0.3, 0.4) is 0 Å². The Labute approximate surface area is 475 Å². The van der Waals surface area contributed by atoms with Crippen LogP contribution < -0.4 is 0 Å². The summed E-state index contributed by atoms with van der Waals surface area (Å²) < 4.78 is 0. The Morgan fingerprint density at radius 3 is 1.11 bits per heavy atom. The van der Waals surface area contributed by atoms with Crippen LogP contribution in [0.25, 0.3) is 87.2 Å². The summed E-state index contributed by atoms with van der Waals surface area (Å²) >= 11 is 0. The lowest BCUT2D eigenvalue weighted by molar-refractivity contribution is 1.47. The van der Waals surface area contributed by atoms with Gasteiger partial charge in [-0.2, -0.15) is 0 Å². The minimum Gasteiger partial charge on any atom is -0.0622 e. The van der Waals surface area contributed by atoms with Gasteiger partial charge in [0.25, 0.3) is 0 Å². The van der Waals surface area contributed by atoms with E-state index >= 15 is 0 Å². The van der Waals surface area contributed by atoms with Gasteiger partial charge in [0.05, 0.1) is 0 Å². The van der Waals surface area contributed by atoms with Crippen molar-refractivity contribution in [3.63, 3.8) is 0 Å². The molecule has 14 aromatic carbocycles. The zero-order valence-electron chi connectivity index (χ0n) is 47.0. The molecule has 0 heteroatoms. The van der Waals surface area contributed by atoms with Crippen molar-refractivity contribution >= 4 is 53.9 Å². The summed E-state index contributed by atoms with van der Waals surface area (Å²) in [5.41, 5.74) is 15.7. The van der Waals surface area contributed by atoms with Crippen molar-refractivity contribution in [1.82, 2.24) is 0 Å². The summed E-state index contributed by atoms with van der Waals surface area (Å²) in [4.78, 5) is 0. The first-order valence-corrected chi connectivity index (χ1v) is 27.7. The first-order valence-electron chi connectivity index (χ1n) is 27.7. The lowest BCUT2D eigenvalue weighted by Crippen LogP contribution is -1.81. The zero-order chi connectivity index (χ0) is 55.5. The SMILES string of the molecule is Cc1c2ccccc2cc2ccccc12.Cc1ccc(-c2cccc3ccccc23)cc1.Cc1ccc(-c2ccccc2)cc1.Cc1ccc2ccccc2c1.Cc1cccc(-c2ccccc2)c1.Cc1cccc2ccccc12. The minimum atomic E-state index is 1.28. The predicted octanol–water partition coefficient (Wildman–Crippen LogP) is 22.7. The van der Waals surface area contributed by atoms with E-state index in [1.165, 1.54) is 121 Å². The molecule has 0 saturated carbocycles. The van der Waals surface area contributed by atoms with E-state index in [4.69, 9.17) is 0 Å². The van der Waals surface area contributed by atoms with E-state index in [0.29, 0.717) is 0 Å². The van der Waals surface area contributed by atoms with Crippen LogP contribution >= 0.6 is 0 Å². The fraction of sp³-hybridized carbons (Fsp3) is 0.0750. The second-order valence-electron chi connectivity index (χ2n) is 20.5. The molecular formula is C80H70. The van der Waals surface area contributed by atoms with E-state index in [1.54, 1.807) is 0 Å². The maximum atomic E-state index is 2.26. The van der Waals surface area contributed by atoms with Crippen molar-refractivity contribution in [2.75, 3.05) is 0 Å². The lowest BCUT2D eigenvalue weighted by Gasteiger charge is -2.07. The molecule has 0 aliphatic heterocycles. The molecular weight excluding hydrogens is 961 g/mol. The smallest absolute Gasteiger partial charge is 0.0105 e. The fourth-order valence-electron chi connectivity index (χ4n) is 9.98. The molecule has 14 rings (SSSR count). The van der Waals surface area contributed by atoms with Gasteiger partial charge in [0, 0.05) is 0 Å². The number of benzene rings is 14. The van der Waals surface area contributed by atoms with Crippen molar-refractivity contribution < 1.29 is 0 Å². The molecule has 0 amide bonds. The molecule has 0 saturated heterocycles. The largest absolute Gasteiger partial charge is 0.0622 e. The van der Waals surface area contributed by atoms with Gasteiger partial charge in [-0.3, -0.25) is 0 Å². The van der Waals surface area contributed by atoms with Crippen LogP contribution in [-0.4, -0.2) is 0 Å². The molecule has 0 aromatic heterocycles. The highest BCUT2D eigenvalue weighted by Gasteiger charge is 2.04. The molecule has 0 atom stereocenters. The van der Waals surface area contributed by atoms with E-state index in [-0.39, 0.29) is 0 Å². The number of rotatable bonds is 3. The first-order chi connectivity index (χ1) is 39.2. The number of hydrogen-bond acceptors (Lipinski definition) is 0. The van der Waals surface area contributed by atoms with Gasteiger partial charge in [-0.05, 0) is 146 Å². The van der Waals surface area contributed by atoms with E-state index in [0.717, 1.165) is 0 Å². The van der Waals surface area contributed by atoms with E-state index in [1.807, 2.05) is 12.1 Å². The third-order valence-electron chi connectivity index (χ3n) is 14.4. The van der Waals surface area contributed by atoms with Gasteiger partial charge in [0.1, 0.15) is 0 Å². The average molecular weight is 1030 g/mol. The Kier molecular flexibility index (Phi) is 19.0. The van der Waals surface area contributed by atoms with E-state index in [9.17, 15) is 0 Å². The number of fused-ring (bicyclic) bond motifs is 5. The molecule has 0 unspecified atom stereocenters. The van der Waals surface area contributed by atoms with Crippen molar-refractivity contribution in [2.45, 2.75) is 41.5 Å². The van der Waals surface area contributed by atoms with Crippen LogP contribution in [0.5, 0.6) is 0 Å². The van der Waals surface area contributed by atoms with Crippen molar-refractivity contribution in [1.29, 1.82) is 0 Å². The average Bonchev–Trinajstić information content (AvgIpc) is 3.53. The second kappa shape index (κ2) is 27.6. The molecule has 0 nitrogen and oxygen atoms in total. The highest BCUT2D eigenvalue weighted by Crippen LogP contribution is 2.30. The molecule has 0 heterocycles. The quantitative estimate of drug-likeness (QED) is 0.155. The Morgan fingerprint density at radius 1 is 0.175 bits per heavy atom. The summed E-state index contributed by atoms with van der Waals surface area (Å²) in [6.45, 7) is 12.8. The minimum absolute atomic E-state index is 1.28. The fourth-order valence-corrected chi connectivity index (χ4v) is 9.98. The van der Waals surface area contributed by atoms with Gasteiger partial charge in [-0.25, -0.2) is 0 Å². The highest BCUT2D eigenvalue weighted by molar-refractivity contribution is 6.02. The molecule has 80 heavy (non-hydrogen) atoms. The number of aryl methyl sites for hydroxylation is 6. The molecule has 390 valence electrons. The predicted molar refractivity (Wildman–Crippen MR) is 351 cm³/mol. The van der Waals surface area contributed by atoms with Gasteiger partial charge in [-0.1, -0.05) is 332 Å². The lowest BCUT2D eigenvalue weighted by atomic mass is 9.98. The van der Waals surface area contributed by atoms with Crippen LogP contribution in [0.1, 0.15) is 33.4 Å². The summed E-state index contributed by atoms with van der Waals surface area (Å²) in [6, 6.07) is 111. The van der Waals surface area contributed by atoms with Crippen LogP contribution in [0, 0.1) is 41.5 Å². The summed E-state index contributed by atoms with van der Waals surface area (Å²) in [5, 5.41) is 13.3. The molecule has 0 bridgehead atoms.